The van der Waals surface area contributed by atoms with Gasteiger partial charge in [0, 0.05) is 17.2 Å². The Labute approximate surface area is 137 Å². The molecule has 0 unspecified atom stereocenters. The summed E-state index contributed by atoms with van der Waals surface area (Å²) >= 11 is 0. The van der Waals surface area contributed by atoms with E-state index in [4.69, 9.17) is 21.4 Å². The van der Waals surface area contributed by atoms with Crippen molar-refractivity contribution in [3.63, 3.8) is 0 Å². The summed E-state index contributed by atoms with van der Waals surface area (Å²) in [5.74, 6) is 8.42. The summed E-state index contributed by atoms with van der Waals surface area (Å²) in [6.07, 6.45) is 0. The number of ether oxygens (including phenoxy) is 1. The first-order chi connectivity index (χ1) is 11.5. The highest BCUT2D eigenvalue weighted by molar-refractivity contribution is 5.85. The number of rotatable bonds is 4. The average molecular weight is 327 g/mol. The Hall–Kier alpha value is -3.50. The SMILES string of the molecule is NN/C(Oc1cc(F)cc(C#Cc2ccccc2)c1)=C(\N)C(=O)O. The van der Waals surface area contributed by atoms with Crippen molar-refractivity contribution in [3.8, 4) is 17.6 Å². The maximum Gasteiger partial charge on any atom is 0.357 e. The minimum absolute atomic E-state index is 0.00418. The van der Waals surface area contributed by atoms with Crippen LogP contribution in [0.4, 0.5) is 4.39 Å². The van der Waals surface area contributed by atoms with Crippen LogP contribution in [0.5, 0.6) is 5.75 Å². The Morgan fingerprint density at radius 3 is 2.42 bits per heavy atom. The summed E-state index contributed by atoms with van der Waals surface area (Å²) in [6, 6.07) is 12.9. The van der Waals surface area contributed by atoms with Crippen LogP contribution in [-0.2, 0) is 4.79 Å². The van der Waals surface area contributed by atoms with Crippen LogP contribution < -0.4 is 21.7 Å². The molecular formula is C17H14FN3O3. The zero-order chi connectivity index (χ0) is 17.5. The van der Waals surface area contributed by atoms with E-state index in [9.17, 15) is 9.18 Å². The van der Waals surface area contributed by atoms with Crippen LogP contribution >= 0.6 is 0 Å². The maximum atomic E-state index is 13.7. The number of hydrazine groups is 1. The molecule has 2 rings (SSSR count). The van der Waals surface area contributed by atoms with E-state index >= 15 is 0 Å². The first-order valence-corrected chi connectivity index (χ1v) is 6.75. The van der Waals surface area contributed by atoms with Gasteiger partial charge in [0.2, 0.25) is 5.88 Å². The molecule has 0 fully saturated rings. The second-order valence-corrected chi connectivity index (χ2v) is 4.59. The average Bonchev–Trinajstić information content (AvgIpc) is 2.57. The van der Waals surface area contributed by atoms with Gasteiger partial charge < -0.3 is 15.6 Å². The third kappa shape index (κ3) is 4.50. The number of hydrogen-bond donors (Lipinski definition) is 4. The van der Waals surface area contributed by atoms with Gasteiger partial charge in [-0.05, 0) is 24.3 Å². The monoisotopic (exact) mass is 327 g/mol. The molecule has 6 nitrogen and oxygen atoms in total. The third-order valence-corrected chi connectivity index (χ3v) is 2.82. The Kier molecular flexibility index (Phi) is 5.39. The van der Waals surface area contributed by atoms with E-state index in [0.29, 0.717) is 5.56 Å². The summed E-state index contributed by atoms with van der Waals surface area (Å²) < 4.78 is 18.9. The minimum atomic E-state index is -1.43. The molecule has 7 heteroatoms. The van der Waals surface area contributed by atoms with Gasteiger partial charge in [-0.2, -0.15) is 0 Å². The normalized spacial score (nSPS) is 10.9. The fourth-order valence-electron chi connectivity index (χ4n) is 1.74. The van der Waals surface area contributed by atoms with E-state index < -0.39 is 23.4 Å². The lowest BCUT2D eigenvalue weighted by atomic mass is 10.1. The Bertz CT molecular complexity index is 839. The van der Waals surface area contributed by atoms with Crippen LogP contribution in [0, 0.1) is 17.7 Å². The number of carbonyl (C=O) groups is 1. The molecule has 0 amide bonds. The smallest absolute Gasteiger partial charge is 0.357 e. The maximum absolute atomic E-state index is 13.7. The van der Waals surface area contributed by atoms with Crippen molar-refractivity contribution < 1.29 is 19.0 Å². The summed E-state index contributed by atoms with van der Waals surface area (Å²) in [5.41, 5.74) is 7.82. The standard InChI is InChI=1S/C17H14FN3O3/c18-13-8-12(7-6-11-4-2-1-3-5-11)9-14(10-13)24-16(21-20)15(19)17(22)23/h1-5,8-10,21H,19-20H2,(H,22,23)/b16-15+. The van der Waals surface area contributed by atoms with Crippen LogP contribution in [0.2, 0.25) is 0 Å². The molecule has 0 saturated carbocycles. The predicted octanol–water partition coefficient (Wildman–Crippen LogP) is 1.28. The quantitative estimate of drug-likeness (QED) is 0.221. The van der Waals surface area contributed by atoms with Gasteiger partial charge in [0.25, 0.3) is 0 Å². The first-order valence-electron chi connectivity index (χ1n) is 6.75. The molecule has 0 heterocycles. The van der Waals surface area contributed by atoms with Gasteiger partial charge in [0.05, 0.1) is 0 Å². The van der Waals surface area contributed by atoms with Crippen LogP contribution in [-0.4, -0.2) is 11.1 Å². The summed E-state index contributed by atoms with van der Waals surface area (Å²) in [6.45, 7) is 0. The molecule has 2 aromatic rings. The van der Waals surface area contributed by atoms with Crippen molar-refractivity contribution in [2.45, 2.75) is 0 Å². The second-order valence-electron chi connectivity index (χ2n) is 4.59. The van der Waals surface area contributed by atoms with Crippen molar-refractivity contribution in [1.82, 2.24) is 5.43 Å². The number of carboxylic acids is 1. The zero-order valence-corrected chi connectivity index (χ0v) is 12.4. The summed E-state index contributed by atoms with van der Waals surface area (Å²) in [4.78, 5) is 10.8. The molecule has 0 radical (unpaired) electrons. The van der Waals surface area contributed by atoms with E-state index in [1.165, 1.54) is 12.1 Å². The molecule has 0 aromatic heterocycles. The predicted molar refractivity (Wildman–Crippen MR) is 85.6 cm³/mol. The lowest BCUT2D eigenvalue weighted by Gasteiger charge is -2.11. The molecule has 2 aromatic carbocycles. The molecule has 122 valence electrons. The van der Waals surface area contributed by atoms with Crippen molar-refractivity contribution in [3.05, 3.63) is 77.1 Å². The number of carboxylic acid groups (broad SMARTS) is 1. The van der Waals surface area contributed by atoms with Gasteiger partial charge in [0.1, 0.15) is 11.6 Å². The zero-order valence-electron chi connectivity index (χ0n) is 12.4. The van der Waals surface area contributed by atoms with Gasteiger partial charge in [-0.1, -0.05) is 30.0 Å². The van der Waals surface area contributed by atoms with Gasteiger partial charge in [-0.15, -0.1) is 0 Å². The summed E-state index contributed by atoms with van der Waals surface area (Å²) in [5, 5.41) is 8.83. The Morgan fingerprint density at radius 1 is 1.12 bits per heavy atom. The van der Waals surface area contributed by atoms with E-state index in [0.717, 1.165) is 11.6 Å². The molecule has 0 aliphatic heterocycles. The number of nitrogens with one attached hydrogen (secondary N) is 1. The number of halogens is 1. The molecule has 24 heavy (non-hydrogen) atoms. The molecule has 0 aliphatic rings. The topological polar surface area (TPSA) is 111 Å². The van der Waals surface area contributed by atoms with Crippen LogP contribution in [0.3, 0.4) is 0 Å². The first kappa shape index (κ1) is 16.9. The van der Waals surface area contributed by atoms with E-state index in [-0.39, 0.29) is 5.75 Å². The van der Waals surface area contributed by atoms with Crippen molar-refractivity contribution in [1.29, 1.82) is 0 Å². The third-order valence-electron chi connectivity index (χ3n) is 2.82. The lowest BCUT2D eigenvalue weighted by molar-refractivity contribution is -0.132. The molecular weight excluding hydrogens is 313 g/mol. The highest BCUT2D eigenvalue weighted by Gasteiger charge is 2.13. The fourth-order valence-corrected chi connectivity index (χ4v) is 1.74. The molecule has 0 saturated heterocycles. The molecule has 0 aliphatic carbocycles. The highest BCUT2D eigenvalue weighted by Crippen LogP contribution is 2.18. The molecule has 6 N–H and O–H groups in total. The molecule has 0 bridgehead atoms. The van der Waals surface area contributed by atoms with Crippen molar-refractivity contribution >= 4 is 5.97 Å². The fraction of sp³-hybridized carbons (Fsp3) is 0. The minimum Gasteiger partial charge on any atom is -0.476 e. The van der Waals surface area contributed by atoms with Gasteiger partial charge >= 0.3 is 5.97 Å². The van der Waals surface area contributed by atoms with E-state index in [2.05, 4.69) is 11.8 Å². The number of benzene rings is 2. The number of nitrogens with two attached hydrogens (primary N) is 2. The van der Waals surface area contributed by atoms with Crippen LogP contribution in [0.25, 0.3) is 0 Å². The number of hydrogen-bond acceptors (Lipinski definition) is 5. The molecule has 0 spiro atoms. The Balaban J connectivity index is 2.31. The largest absolute Gasteiger partial charge is 0.476 e. The van der Waals surface area contributed by atoms with Crippen LogP contribution in [0.1, 0.15) is 11.1 Å². The van der Waals surface area contributed by atoms with Crippen molar-refractivity contribution in [2.75, 3.05) is 0 Å². The van der Waals surface area contributed by atoms with E-state index in [1.54, 1.807) is 0 Å². The second kappa shape index (κ2) is 7.67. The Morgan fingerprint density at radius 2 is 1.79 bits per heavy atom. The summed E-state index contributed by atoms with van der Waals surface area (Å²) in [7, 11) is 0. The highest BCUT2D eigenvalue weighted by atomic mass is 19.1. The van der Waals surface area contributed by atoms with Crippen LogP contribution in [0.15, 0.2) is 60.1 Å². The number of aliphatic carboxylic acids is 1. The molecule has 0 atom stereocenters. The van der Waals surface area contributed by atoms with Gasteiger partial charge in [0.15, 0.2) is 5.70 Å². The van der Waals surface area contributed by atoms with E-state index in [1.807, 2.05) is 35.8 Å². The van der Waals surface area contributed by atoms with Gasteiger partial charge in [-0.3, -0.25) is 5.43 Å². The van der Waals surface area contributed by atoms with Gasteiger partial charge in [-0.25, -0.2) is 15.0 Å². The van der Waals surface area contributed by atoms with Crippen molar-refractivity contribution in [2.24, 2.45) is 11.6 Å². The lowest BCUT2D eigenvalue weighted by Crippen LogP contribution is -2.31.